The number of nitrogens with zero attached hydrogens (tertiary/aromatic N) is 1. The van der Waals surface area contributed by atoms with Crippen LogP contribution in [-0.4, -0.2) is 22.9 Å². The van der Waals surface area contributed by atoms with Crippen LogP contribution in [0.5, 0.6) is 5.75 Å². The van der Waals surface area contributed by atoms with Crippen molar-refractivity contribution in [1.29, 1.82) is 0 Å². The molecule has 0 aliphatic rings. The number of aromatic nitrogens is 1. The highest BCUT2D eigenvalue weighted by atomic mass is 35.5. The van der Waals surface area contributed by atoms with Crippen LogP contribution in [0, 0.1) is 6.92 Å². The Balaban J connectivity index is 3.06. The number of pyridine rings is 1. The van der Waals surface area contributed by atoms with E-state index in [1.807, 2.05) is 0 Å². The van der Waals surface area contributed by atoms with Crippen molar-refractivity contribution in [3.05, 3.63) is 34.6 Å². The molecule has 0 spiro atoms. The van der Waals surface area contributed by atoms with Crippen molar-refractivity contribution in [2.24, 2.45) is 0 Å². The van der Waals surface area contributed by atoms with E-state index in [0.717, 1.165) is 11.6 Å². The van der Waals surface area contributed by atoms with E-state index in [9.17, 15) is 13.2 Å². The molecule has 1 aromatic rings. The number of aryl methyl sites for hydroxylation is 1. The predicted molar refractivity (Wildman–Crippen MR) is 65.3 cm³/mol. The molecular formula is C12H13ClF3NO2. The first-order valence-electron chi connectivity index (χ1n) is 5.32. The summed E-state index contributed by atoms with van der Waals surface area (Å²) in [6.45, 7) is 7.07. The molecule has 0 saturated carbocycles. The third-order valence-corrected chi connectivity index (χ3v) is 2.45. The van der Waals surface area contributed by atoms with Crippen LogP contribution in [0.2, 0.25) is 5.15 Å². The molecule has 3 nitrogen and oxygen atoms in total. The number of ether oxygens (including phenoxy) is 1. The zero-order valence-electron chi connectivity index (χ0n) is 10.4. The molecule has 19 heavy (non-hydrogen) atoms. The fraction of sp³-hybridized carbons (Fsp3) is 0.417. The molecule has 0 aliphatic heterocycles. The van der Waals surface area contributed by atoms with E-state index in [1.54, 1.807) is 6.92 Å². The molecule has 1 atom stereocenters. The fourth-order valence-electron chi connectivity index (χ4n) is 1.32. The molecule has 7 heteroatoms. The van der Waals surface area contributed by atoms with Crippen molar-refractivity contribution >= 4 is 11.6 Å². The van der Waals surface area contributed by atoms with Crippen LogP contribution >= 0.6 is 11.6 Å². The maximum absolute atomic E-state index is 12.4. The lowest BCUT2D eigenvalue weighted by atomic mass is 10.1. The van der Waals surface area contributed by atoms with Crippen LogP contribution < -0.4 is 4.74 Å². The Morgan fingerprint density at radius 3 is 2.58 bits per heavy atom. The smallest absolute Gasteiger partial charge is 0.420 e. The molecule has 0 amide bonds. The minimum absolute atomic E-state index is 0.183. The molecule has 0 fully saturated rings. The summed E-state index contributed by atoms with van der Waals surface area (Å²) in [5.41, 5.74) is 0.534. The second-order valence-corrected chi connectivity index (χ2v) is 4.53. The number of halogens is 4. The van der Waals surface area contributed by atoms with Crippen molar-refractivity contribution < 1.29 is 23.0 Å². The van der Waals surface area contributed by atoms with Crippen molar-refractivity contribution in [2.45, 2.75) is 26.1 Å². The standard InChI is InChI=1S/C12H13ClF3NO2/c1-6(2)5-19-9-7(3)4-8(17-11(9)13)10(18)12(14,15)16/h4,10,18H,1,5H2,2-3H3. The van der Waals surface area contributed by atoms with E-state index < -0.39 is 18.0 Å². The van der Waals surface area contributed by atoms with Gasteiger partial charge in [-0.05, 0) is 31.1 Å². The van der Waals surface area contributed by atoms with Crippen LogP contribution in [-0.2, 0) is 0 Å². The number of rotatable bonds is 4. The van der Waals surface area contributed by atoms with Gasteiger partial charge in [-0.25, -0.2) is 4.98 Å². The van der Waals surface area contributed by atoms with E-state index in [0.29, 0.717) is 5.56 Å². The van der Waals surface area contributed by atoms with Crippen molar-refractivity contribution in [3.63, 3.8) is 0 Å². The summed E-state index contributed by atoms with van der Waals surface area (Å²) >= 11 is 5.77. The SMILES string of the molecule is C=C(C)COc1c(C)cc(C(O)C(F)(F)F)nc1Cl. The first kappa shape index (κ1) is 15.8. The van der Waals surface area contributed by atoms with Gasteiger partial charge in [0.25, 0.3) is 0 Å². The normalized spacial score (nSPS) is 13.2. The summed E-state index contributed by atoms with van der Waals surface area (Å²) in [5, 5.41) is 8.89. The van der Waals surface area contributed by atoms with E-state index in [2.05, 4.69) is 11.6 Å². The summed E-state index contributed by atoms with van der Waals surface area (Å²) < 4.78 is 42.4. The molecule has 0 aliphatic carbocycles. The Labute approximate surface area is 113 Å². The fourth-order valence-corrected chi connectivity index (χ4v) is 1.62. The number of hydrogen-bond acceptors (Lipinski definition) is 3. The molecule has 0 aromatic carbocycles. The van der Waals surface area contributed by atoms with Gasteiger partial charge < -0.3 is 9.84 Å². The second kappa shape index (κ2) is 5.79. The zero-order chi connectivity index (χ0) is 14.8. The Bertz CT molecular complexity index is 465. The maximum atomic E-state index is 12.4. The summed E-state index contributed by atoms with van der Waals surface area (Å²) in [6, 6.07) is 1.10. The highest BCUT2D eigenvalue weighted by molar-refractivity contribution is 6.31. The van der Waals surface area contributed by atoms with Gasteiger partial charge in [0.05, 0.1) is 5.69 Å². The van der Waals surface area contributed by atoms with Gasteiger partial charge in [0, 0.05) is 0 Å². The highest BCUT2D eigenvalue weighted by Gasteiger charge is 2.40. The molecule has 1 N–H and O–H groups in total. The second-order valence-electron chi connectivity index (χ2n) is 4.17. The maximum Gasteiger partial charge on any atom is 0.420 e. The van der Waals surface area contributed by atoms with E-state index in [1.165, 1.54) is 6.92 Å². The quantitative estimate of drug-likeness (QED) is 0.682. The van der Waals surface area contributed by atoms with Crippen LogP contribution in [0.15, 0.2) is 18.2 Å². The lowest BCUT2D eigenvalue weighted by molar-refractivity contribution is -0.207. The molecule has 106 valence electrons. The molecule has 1 rings (SSSR count). The van der Waals surface area contributed by atoms with E-state index in [-0.39, 0.29) is 17.5 Å². The third-order valence-electron chi connectivity index (χ3n) is 2.19. The van der Waals surface area contributed by atoms with Gasteiger partial charge in [0.2, 0.25) is 0 Å². The van der Waals surface area contributed by atoms with Crippen molar-refractivity contribution in [1.82, 2.24) is 4.98 Å². The van der Waals surface area contributed by atoms with Crippen molar-refractivity contribution in [3.8, 4) is 5.75 Å². The Morgan fingerprint density at radius 1 is 1.58 bits per heavy atom. The van der Waals surface area contributed by atoms with E-state index >= 15 is 0 Å². The molecule has 0 radical (unpaired) electrons. The highest BCUT2D eigenvalue weighted by Crippen LogP contribution is 2.35. The van der Waals surface area contributed by atoms with Crippen LogP contribution in [0.25, 0.3) is 0 Å². The van der Waals surface area contributed by atoms with Gasteiger partial charge in [0.15, 0.2) is 17.0 Å². The third kappa shape index (κ3) is 4.11. The average molecular weight is 296 g/mol. The van der Waals surface area contributed by atoms with Gasteiger partial charge in [-0.1, -0.05) is 18.2 Å². The summed E-state index contributed by atoms with van der Waals surface area (Å²) in [4.78, 5) is 3.52. The number of aliphatic hydroxyl groups is 1. The topological polar surface area (TPSA) is 42.4 Å². The molecule has 1 unspecified atom stereocenters. The molecular weight excluding hydrogens is 283 g/mol. The van der Waals surface area contributed by atoms with Crippen LogP contribution in [0.4, 0.5) is 13.2 Å². The zero-order valence-corrected chi connectivity index (χ0v) is 11.1. The summed E-state index contributed by atoms with van der Waals surface area (Å²) in [6.07, 6.45) is -7.46. The van der Waals surface area contributed by atoms with Gasteiger partial charge in [0.1, 0.15) is 6.61 Å². The van der Waals surface area contributed by atoms with Gasteiger partial charge in [-0.2, -0.15) is 13.2 Å². The monoisotopic (exact) mass is 295 g/mol. The van der Waals surface area contributed by atoms with E-state index in [4.69, 9.17) is 21.4 Å². The average Bonchev–Trinajstić information content (AvgIpc) is 2.24. The Morgan fingerprint density at radius 2 is 2.16 bits per heavy atom. The molecule has 1 aromatic heterocycles. The summed E-state index contributed by atoms with van der Waals surface area (Å²) in [7, 11) is 0. The van der Waals surface area contributed by atoms with Crippen molar-refractivity contribution in [2.75, 3.05) is 6.61 Å². The first-order chi connectivity index (χ1) is 8.62. The number of alkyl halides is 3. The Hall–Kier alpha value is -1.27. The minimum Gasteiger partial charge on any atom is -0.486 e. The lowest BCUT2D eigenvalue weighted by Crippen LogP contribution is -2.21. The predicted octanol–water partition coefficient (Wildman–Crippen LogP) is 3.59. The largest absolute Gasteiger partial charge is 0.486 e. The molecule has 0 bridgehead atoms. The van der Waals surface area contributed by atoms with Gasteiger partial charge in [-0.3, -0.25) is 0 Å². The molecule has 0 saturated heterocycles. The minimum atomic E-state index is -4.79. The first-order valence-corrected chi connectivity index (χ1v) is 5.69. The lowest BCUT2D eigenvalue weighted by Gasteiger charge is -2.17. The Kier molecular flexibility index (Phi) is 4.81. The summed E-state index contributed by atoms with van der Waals surface area (Å²) in [5.74, 6) is 0.183. The molecule has 1 heterocycles. The van der Waals surface area contributed by atoms with Gasteiger partial charge in [-0.15, -0.1) is 0 Å². The van der Waals surface area contributed by atoms with Crippen LogP contribution in [0.3, 0.4) is 0 Å². The van der Waals surface area contributed by atoms with Crippen LogP contribution in [0.1, 0.15) is 24.3 Å². The number of hydrogen-bond donors (Lipinski definition) is 1. The number of aliphatic hydroxyl groups excluding tert-OH is 1. The van der Waals surface area contributed by atoms with Gasteiger partial charge >= 0.3 is 6.18 Å².